The van der Waals surface area contributed by atoms with Crippen molar-refractivity contribution in [2.24, 2.45) is 0 Å². The molecule has 0 N–H and O–H groups in total. The van der Waals surface area contributed by atoms with Gasteiger partial charge in [0.2, 0.25) is 0 Å². The molecule has 13 heavy (non-hydrogen) atoms. The van der Waals surface area contributed by atoms with E-state index in [0.29, 0.717) is 12.2 Å². The highest BCUT2D eigenvalue weighted by molar-refractivity contribution is 5.72. The van der Waals surface area contributed by atoms with Gasteiger partial charge in [0.1, 0.15) is 5.75 Å². The van der Waals surface area contributed by atoms with Gasteiger partial charge in [0.15, 0.2) is 0 Å². The van der Waals surface area contributed by atoms with E-state index in [9.17, 15) is 4.79 Å². The number of rotatable bonds is 3. The van der Waals surface area contributed by atoms with Gasteiger partial charge in [-0.1, -0.05) is 6.92 Å². The van der Waals surface area contributed by atoms with Crippen LogP contribution in [0.4, 0.5) is 0 Å². The second kappa shape index (κ2) is 4.60. The van der Waals surface area contributed by atoms with Crippen LogP contribution >= 0.6 is 0 Å². The zero-order valence-corrected chi connectivity index (χ0v) is 7.91. The van der Waals surface area contributed by atoms with Gasteiger partial charge in [-0.3, -0.25) is 9.78 Å². The third-order valence-corrected chi connectivity index (χ3v) is 1.55. The quantitative estimate of drug-likeness (QED) is 0.667. The average molecular weight is 179 g/mol. The fourth-order valence-corrected chi connectivity index (χ4v) is 0.970. The Hall–Kier alpha value is -1.38. The van der Waals surface area contributed by atoms with Crippen LogP contribution < -0.4 is 4.74 Å². The minimum atomic E-state index is -0.187. The molecule has 1 rings (SSSR count). The van der Waals surface area contributed by atoms with Crippen LogP contribution in [0.2, 0.25) is 0 Å². The molecule has 0 aliphatic carbocycles. The molecule has 1 aromatic rings. The Balaban J connectivity index is 2.58. The Labute approximate surface area is 77.8 Å². The highest BCUT2D eigenvalue weighted by Crippen LogP contribution is 2.11. The maximum atomic E-state index is 11.1. The van der Waals surface area contributed by atoms with Crippen molar-refractivity contribution in [1.29, 1.82) is 0 Å². The number of aryl methyl sites for hydroxylation is 1. The molecule has 3 nitrogen and oxygen atoms in total. The average Bonchev–Trinajstić information content (AvgIpc) is 2.04. The summed E-state index contributed by atoms with van der Waals surface area (Å²) in [4.78, 5) is 15.1. The predicted molar refractivity (Wildman–Crippen MR) is 49.5 cm³/mol. The van der Waals surface area contributed by atoms with Crippen molar-refractivity contribution in [3.8, 4) is 5.75 Å². The molecule has 70 valence electrons. The van der Waals surface area contributed by atoms with Crippen LogP contribution in [0.1, 0.15) is 25.5 Å². The standard InChI is InChI=1S/C10H13NO2/c1-3-4-10(12)13-9-5-6-11-8(2)7-9/h5-7H,3-4H2,1-2H3. The van der Waals surface area contributed by atoms with Crippen molar-refractivity contribution in [3.63, 3.8) is 0 Å². The van der Waals surface area contributed by atoms with Crippen LogP contribution in [-0.4, -0.2) is 11.0 Å². The van der Waals surface area contributed by atoms with E-state index in [1.807, 2.05) is 13.8 Å². The van der Waals surface area contributed by atoms with Gasteiger partial charge in [-0.05, 0) is 19.4 Å². The van der Waals surface area contributed by atoms with E-state index in [0.717, 1.165) is 12.1 Å². The van der Waals surface area contributed by atoms with Gasteiger partial charge in [-0.25, -0.2) is 0 Å². The predicted octanol–water partition coefficient (Wildman–Crippen LogP) is 2.10. The molecule has 1 heterocycles. The number of nitrogens with zero attached hydrogens (tertiary/aromatic N) is 1. The number of esters is 1. The molecule has 0 aromatic carbocycles. The molecule has 0 aliphatic heterocycles. The lowest BCUT2D eigenvalue weighted by atomic mass is 10.3. The first-order valence-electron chi connectivity index (χ1n) is 4.35. The summed E-state index contributed by atoms with van der Waals surface area (Å²) in [7, 11) is 0. The number of pyridine rings is 1. The highest BCUT2D eigenvalue weighted by atomic mass is 16.5. The minimum absolute atomic E-state index is 0.187. The number of aromatic nitrogens is 1. The highest BCUT2D eigenvalue weighted by Gasteiger charge is 2.02. The van der Waals surface area contributed by atoms with E-state index in [-0.39, 0.29) is 5.97 Å². The summed E-state index contributed by atoms with van der Waals surface area (Å²) in [5.41, 5.74) is 0.849. The monoisotopic (exact) mass is 179 g/mol. The second-order valence-electron chi connectivity index (χ2n) is 2.86. The molecule has 0 atom stereocenters. The molecule has 3 heteroatoms. The van der Waals surface area contributed by atoms with Crippen LogP contribution in [-0.2, 0) is 4.79 Å². The second-order valence-corrected chi connectivity index (χ2v) is 2.86. The Morgan fingerprint density at radius 3 is 3.00 bits per heavy atom. The maximum Gasteiger partial charge on any atom is 0.311 e. The van der Waals surface area contributed by atoms with Gasteiger partial charge in [0.05, 0.1) is 0 Å². The Morgan fingerprint density at radius 2 is 2.38 bits per heavy atom. The Morgan fingerprint density at radius 1 is 1.62 bits per heavy atom. The zero-order valence-electron chi connectivity index (χ0n) is 7.91. The fraction of sp³-hybridized carbons (Fsp3) is 0.400. The molecule has 0 aliphatic rings. The molecule has 1 aromatic heterocycles. The van der Waals surface area contributed by atoms with E-state index in [4.69, 9.17) is 4.74 Å². The number of hydrogen-bond acceptors (Lipinski definition) is 3. The van der Waals surface area contributed by atoms with Crippen molar-refractivity contribution < 1.29 is 9.53 Å². The number of ether oxygens (including phenoxy) is 1. The van der Waals surface area contributed by atoms with Gasteiger partial charge in [-0.15, -0.1) is 0 Å². The maximum absolute atomic E-state index is 11.1. The first kappa shape index (κ1) is 9.71. The minimum Gasteiger partial charge on any atom is -0.426 e. The zero-order chi connectivity index (χ0) is 9.68. The van der Waals surface area contributed by atoms with E-state index in [2.05, 4.69) is 4.98 Å². The van der Waals surface area contributed by atoms with E-state index in [1.165, 1.54) is 0 Å². The van der Waals surface area contributed by atoms with E-state index in [1.54, 1.807) is 18.3 Å². The van der Waals surface area contributed by atoms with Crippen LogP contribution in [0.15, 0.2) is 18.3 Å². The normalized spacial score (nSPS) is 9.69. The molecule has 0 fully saturated rings. The molecule has 0 spiro atoms. The fourth-order valence-electron chi connectivity index (χ4n) is 0.970. The van der Waals surface area contributed by atoms with Gasteiger partial charge in [0, 0.05) is 24.4 Å². The third-order valence-electron chi connectivity index (χ3n) is 1.55. The third kappa shape index (κ3) is 3.23. The van der Waals surface area contributed by atoms with Crippen molar-refractivity contribution in [2.45, 2.75) is 26.7 Å². The SMILES string of the molecule is CCCC(=O)Oc1ccnc(C)c1. The summed E-state index contributed by atoms with van der Waals surface area (Å²) >= 11 is 0. The molecule has 0 radical (unpaired) electrons. The van der Waals surface area contributed by atoms with Crippen molar-refractivity contribution in [2.75, 3.05) is 0 Å². The summed E-state index contributed by atoms with van der Waals surface area (Å²) in [5, 5.41) is 0. The first-order valence-corrected chi connectivity index (χ1v) is 4.35. The molecule has 0 unspecified atom stereocenters. The molecule has 0 saturated heterocycles. The van der Waals surface area contributed by atoms with Crippen LogP contribution in [0.3, 0.4) is 0 Å². The topological polar surface area (TPSA) is 39.2 Å². The summed E-state index contributed by atoms with van der Waals surface area (Å²) < 4.78 is 5.06. The van der Waals surface area contributed by atoms with Gasteiger partial charge in [0.25, 0.3) is 0 Å². The van der Waals surface area contributed by atoms with Crippen LogP contribution in [0, 0.1) is 6.92 Å². The van der Waals surface area contributed by atoms with Crippen LogP contribution in [0.25, 0.3) is 0 Å². The van der Waals surface area contributed by atoms with Gasteiger partial charge < -0.3 is 4.74 Å². The molecular weight excluding hydrogens is 166 g/mol. The van der Waals surface area contributed by atoms with E-state index >= 15 is 0 Å². The van der Waals surface area contributed by atoms with Crippen molar-refractivity contribution in [1.82, 2.24) is 4.98 Å². The lowest BCUT2D eigenvalue weighted by Crippen LogP contribution is -2.06. The lowest BCUT2D eigenvalue weighted by molar-refractivity contribution is -0.134. The molecule has 0 bridgehead atoms. The molecule has 0 saturated carbocycles. The first-order chi connectivity index (χ1) is 6.22. The van der Waals surface area contributed by atoms with Crippen LogP contribution in [0.5, 0.6) is 5.75 Å². The Bertz CT molecular complexity index is 297. The summed E-state index contributed by atoms with van der Waals surface area (Å²) in [6.07, 6.45) is 2.90. The van der Waals surface area contributed by atoms with E-state index < -0.39 is 0 Å². The van der Waals surface area contributed by atoms with Crippen molar-refractivity contribution >= 4 is 5.97 Å². The number of hydrogen-bond donors (Lipinski definition) is 0. The number of carbonyl (C=O) groups excluding carboxylic acids is 1. The molecular formula is C10H13NO2. The molecule has 0 amide bonds. The lowest BCUT2D eigenvalue weighted by Gasteiger charge is -2.02. The summed E-state index contributed by atoms with van der Waals surface area (Å²) in [6, 6.07) is 3.42. The smallest absolute Gasteiger partial charge is 0.311 e. The Kier molecular flexibility index (Phi) is 3.43. The largest absolute Gasteiger partial charge is 0.426 e. The summed E-state index contributed by atoms with van der Waals surface area (Å²) in [5.74, 6) is 0.388. The number of carbonyl (C=O) groups is 1. The van der Waals surface area contributed by atoms with Gasteiger partial charge >= 0.3 is 5.97 Å². The van der Waals surface area contributed by atoms with Crippen molar-refractivity contribution in [3.05, 3.63) is 24.0 Å². The summed E-state index contributed by atoms with van der Waals surface area (Å²) in [6.45, 7) is 3.80. The van der Waals surface area contributed by atoms with Gasteiger partial charge in [-0.2, -0.15) is 0 Å².